The molecule has 0 saturated carbocycles. The van der Waals surface area contributed by atoms with Gasteiger partial charge in [-0.1, -0.05) is 30.3 Å². The largest absolute Gasteiger partial charge is 0.478 e. The Labute approximate surface area is 166 Å². The SMILES string of the molecule is CC1=C(C#N)C(c2cncc3ncc(-c4ccccc4)cc23)C(C(=O)O)=C(N)N1. The number of nitrogens with two attached hydrogens (primary N) is 1. The van der Waals surface area contributed by atoms with Crippen molar-refractivity contribution in [2.45, 2.75) is 12.8 Å². The molecule has 1 unspecified atom stereocenters. The van der Waals surface area contributed by atoms with Crippen LogP contribution >= 0.6 is 0 Å². The second-order valence-electron chi connectivity index (χ2n) is 6.73. The maximum atomic E-state index is 12.0. The molecular formula is C22H17N5O2. The number of fused-ring (bicyclic) bond motifs is 1. The number of pyridine rings is 2. The van der Waals surface area contributed by atoms with Crippen LogP contribution in [0, 0.1) is 11.3 Å². The summed E-state index contributed by atoms with van der Waals surface area (Å²) in [6.07, 6.45) is 4.95. The Hall–Kier alpha value is -4.18. The lowest BCUT2D eigenvalue weighted by Crippen LogP contribution is -2.32. The van der Waals surface area contributed by atoms with Gasteiger partial charge in [0.25, 0.3) is 0 Å². The van der Waals surface area contributed by atoms with Gasteiger partial charge in [0.1, 0.15) is 5.82 Å². The number of dihydropyridines is 1. The first-order valence-electron chi connectivity index (χ1n) is 8.91. The highest BCUT2D eigenvalue weighted by atomic mass is 16.4. The fraction of sp³-hybridized carbons (Fsp3) is 0.0909. The number of aliphatic carboxylic acids is 1. The summed E-state index contributed by atoms with van der Waals surface area (Å²) in [6, 6.07) is 13.8. The number of carboxylic acids is 1. The van der Waals surface area contributed by atoms with Crippen LogP contribution in [0.4, 0.5) is 0 Å². The number of carbonyl (C=O) groups is 1. The lowest BCUT2D eigenvalue weighted by Gasteiger charge is -2.27. The van der Waals surface area contributed by atoms with E-state index < -0.39 is 11.9 Å². The average molecular weight is 383 g/mol. The van der Waals surface area contributed by atoms with Gasteiger partial charge in [-0.05, 0) is 24.1 Å². The Balaban J connectivity index is 2.00. The highest BCUT2D eigenvalue weighted by Crippen LogP contribution is 2.39. The summed E-state index contributed by atoms with van der Waals surface area (Å²) in [5.41, 5.74) is 9.77. The summed E-state index contributed by atoms with van der Waals surface area (Å²) in [7, 11) is 0. The summed E-state index contributed by atoms with van der Waals surface area (Å²) in [4.78, 5) is 20.7. The van der Waals surface area contributed by atoms with Crippen molar-refractivity contribution < 1.29 is 9.90 Å². The molecule has 0 saturated heterocycles. The van der Waals surface area contributed by atoms with Crippen LogP contribution in [0.25, 0.3) is 22.0 Å². The first kappa shape index (κ1) is 18.2. The van der Waals surface area contributed by atoms with Crippen molar-refractivity contribution >= 4 is 16.9 Å². The van der Waals surface area contributed by atoms with E-state index in [1.165, 1.54) is 0 Å². The third kappa shape index (κ3) is 3.07. The lowest BCUT2D eigenvalue weighted by molar-refractivity contribution is -0.133. The van der Waals surface area contributed by atoms with E-state index >= 15 is 0 Å². The van der Waals surface area contributed by atoms with E-state index in [9.17, 15) is 15.2 Å². The van der Waals surface area contributed by atoms with Crippen LogP contribution < -0.4 is 11.1 Å². The van der Waals surface area contributed by atoms with Gasteiger partial charge in [0, 0.05) is 29.0 Å². The van der Waals surface area contributed by atoms with Crippen LogP contribution in [0.5, 0.6) is 0 Å². The fourth-order valence-electron chi connectivity index (χ4n) is 3.64. The monoisotopic (exact) mass is 383 g/mol. The minimum absolute atomic E-state index is 0.0168. The first-order valence-corrected chi connectivity index (χ1v) is 8.91. The normalized spacial score (nSPS) is 16.5. The van der Waals surface area contributed by atoms with E-state index in [0.29, 0.717) is 16.8 Å². The number of benzene rings is 1. The molecule has 7 heteroatoms. The Kier molecular flexibility index (Phi) is 4.45. The van der Waals surface area contributed by atoms with Crippen molar-refractivity contribution in [3.05, 3.63) is 83.2 Å². The van der Waals surface area contributed by atoms with Gasteiger partial charge in [-0.3, -0.25) is 9.97 Å². The molecule has 29 heavy (non-hydrogen) atoms. The number of rotatable bonds is 3. The molecule has 2 aromatic heterocycles. The van der Waals surface area contributed by atoms with Crippen LogP contribution in [-0.2, 0) is 4.79 Å². The van der Waals surface area contributed by atoms with Crippen molar-refractivity contribution in [1.82, 2.24) is 15.3 Å². The molecule has 0 bridgehead atoms. The molecule has 3 heterocycles. The molecule has 142 valence electrons. The number of aromatic nitrogens is 2. The molecule has 1 atom stereocenters. The smallest absolute Gasteiger partial charge is 0.336 e. The molecule has 0 aliphatic carbocycles. The number of allylic oxidation sites excluding steroid dienone is 2. The molecule has 0 fully saturated rings. The van der Waals surface area contributed by atoms with Crippen LogP contribution in [0.15, 0.2) is 77.7 Å². The van der Waals surface area contributed by atoms with E-state index in [-0.39, 0.29) is 17.0 Å². The van der Waals surface area contributed by atoms with E-state index in [2.05, 4.69) is 21.4 Å². The van der Waals surface area contributed by atoms with Gasteiger partial charge >= 0.3 is 5.97 Å². The Bertz CT molecular complexity index is 1240. The fourth-order valence-corrected chi connectivity index (χ4v) is 3.64. The molecule has 4 rings (SSSR count). The second-order valence-corrected chi connectivity index (χ2v) is 6.73. The topological polar surface area (TPSA) is 125 Å². The molecule has 0 amide bonds. The van der Waals surface area contributed by atoms with Crippen molar-refractivity contribution in [3.8, 4) is 17.2 Å². The van der Waals surface area contributed by atoms with E-state index in [0.717, 1.165) is 16.5 Å². The third-order valence-electron chi connectivity index (χ3n) is 5.00. The Morgan fingerprint density at radius 3 is 2.66 bits per heavy atom. The van der Waals surface area contributed by atoms with Gasteiger partial charge in [-0.15, -0.1) is 0 Å². The second kappa shape index (κ2) is 7.09. The van der Waals surface area contributed by atoms with Gasteiger partial charge < -0.3 is 16.2 Å². The minimum atomic E-state index is -1.19. The lowest BCUT2D eigenvalue weighted by atomic mass is 9.81. The van der Waals surface area contributed by atoms with Crippen molar-refractivity contribution in [3.63, 3.8) is 0 Å². The van der Waals surface area contributed by atoms with Crippen molar-refractivity contribution in [1.29, 1.82) is 5.26 Å². The first-order chi connectivity index (χ1) is 14.0. The van der Waals surface area contributed by atoms with Crippen LogP contribution in [-0.4, -0.2) is 21.0 Å². The average Bonchev–Trinajstić information content (AvgIpc) is 2.72. The van der Waals surface area contributed by atoms with Gasteiger partial charge in [-0.25, -0.2) is 4.79 Å². The summed E-state index contributed by atoms with van der Waals surface area (Å²) in [5.74, 6) is -2.02. The quantitative estimate of drug-likeness (QED) is 0.635. The number of nitriles is 1. The standard InChI is InChI=1S/C22H17N5O2/c1-12-16(8-23)19(20(22(28)29)21(24)27-12)17-10-25-11-18-15(17)7-14(9-26-18)13-5-3-2-4-6-13/h2-7,9-11,19,27H,24H2,1H3,(H,28,29). The minimum Gasteiger partial charge on any atom is -0.478 e. The number of nitrogens with one attached hydrogen (secondary N) is 1. The maximum Gasteiger partial charge on any atom is 0.336 e. The van der Waals surface area contributed by atoms with Gasteiger partial charge in [0.15, 0.2) is 0 Å². The van der Waals surface area contributed by atoms with Crippen LogP contribution in [0.3, 0.4) is 0 Å². The summed E-state index contributed by atoms with van der Waals surface area (Å²) < 4.78 is 0. The predicted octanol–water partition coefficient (Wildman–Crippen LogP) is 3.04. The third-order valence-corrected chi connectivity index (χ3v) is 5.00. The van der Waals surface area contributed by atoms with Crippen LogP contribution in [0.2, 0.25) is 0 Å². The zero-order valence-electron chi connectivity index (χ0n) is 15.5. The number of carboxylic acid groups (broad SMARTS) is 1. The number of hydrogen-bond acceptors (Lipinski definition) is 6. The molecule has 1 aromatic carbocycles. The van der Waals surface area contributed by atoms with Gasteiger partial charge in [0.2, 0.25) is 0 Å². The van der Waals surface area contributed by atoms with Crippen molar-refractivity contribution in [2.75, 3.05) is 0 Å². The highest BCUT2D eigenvalue weighted by Gasteiger charge is 2.35. The zero-order valence-corrected chi connectivity index (χ0v) is 15.5. The van der Waals surface area contributed by atoms with Crippen LogP contribution in [0.1, 0.15) is 18.4 Å². The van der Waals surface area contributed by atoms with E-state index in [1.54, 1.807) is 25.5 Å². The highest BCUT2D eigenvalue weighted by molar-refractivity contribution is 5.94. The molecule has 7 nitrogen and oxygen atoms in total. The van der Waals surface area contributed by atoms with E-state index in [4.69, 9.17) is 5.73 Å². The molecule has 1 aliphatic heterocycles. The number of hydrogen-bond donors (Lipinski definition) is 3. The summed E-state index contributed by atoms with van der Waals surface area (Å²) in [5, 5.41) is 23.1. The van der Waals surface area contributed by atoms with Gasteiger partial charge in [-0.2, -0.15) is 5.26 Å². The van der Waals surface area contributed by atoms with E-state index in [1.807, 2.05) is 36.4 Å². The van der Waals surface area contributed by atoms with Gasteiger partial charge in [0.05, 0.1) is 34.8 Å². The maximum absolute atomic E-state index is 12.0. The zero-order chi connectivity index (χ0) is 20.5. The molecule has 0 spiro atoms. The molecule has 3 aromatic rings. The number of nitrogens with zero attached hydrogens (tertiary/aromatic N) is 3. The Morgan fingerprint density at radius 2 is 1.97 bits per heavy atom. The van der Waals surface area contributed by atoms with Crippen molar-refractivity contribution in [2.24, 2.45) is 5.73 Å². The molecular weight excluding hydrogens is 366 g/mol. The summed E-state index contributed by atoms with van der Waals surface area (Å²) in [6.45, 7) is 1.70. The molecule has 4 N–H and O–H groups in total. The molecule has 0 radical (unpaired) electrons. The predicted molar refractivity (Wildman–Crippen MR) is 108 cm³/mol. The Morgan fingerprint density at radius 1 is 1.21 bits per heavy atom. The molecule has 1 aliphatic rings. The summed E-state index contributed by atoms with van der Waals surface area (Å²) >= 11 is 0.